The smallest absolute Gasteiger partial charge is 0.0945 e. The van der Waals surface area contributed by atoms with Crippen LogP contribution in [0.3, 0.4) is 0 Å². The molecule has 0 aliphatic heterocycles. The monoisotopic (exact) mass is 110 g/mol. The minimum absolute atomic E-state index is 0.338. The minimum atomic E-state index is 0.338. The fraction of sp³-hybridized carbons (Fsp3) is 0.167. The van der Waals surface area contributed by atoms with Crippen molar-refractivity contribution in [2.75, 3.05) is 0 Å². The normalized spacial score (nSPS) is 20.9. The molecule has 0 spiro atoms. The average Bonchev–Trinajstić information content (AvgIpc) is 1.64. The Morgan fingerprint density at radius 1 is 1.62 bits per heavy atom. The van der Waals surface area contributed by atoms with Crippen molar-refractivity contribution in [3.05, 3.63) is 30.0 Å². The summed E-state index contributed by atoms with van der Waals surface area (Å²) in [6, 6.07) is 0.713. The van der Waals surface area contributed by atoms with Gasteiger partial charge in [0.1, 0.15) is 0 Å². The first-order valence-corrected chi connectivity index (χ1v) is 2.46. The minimum Gasteiger partial charge on any atom is -0.512 e. The largest absolute Gasteiger partial charge is 0.512 e. The summed E-state index contributed by atoms with van der Waals surface area (Å²) in [4.78, 5) is 0. The second kappa shape index (κ2) is 2.01. The number of aliphatic hydroxyl groups excluding tert-OH is 1. The SMILES string of the molecule is N[C]1C=CC=C(O)C1. The molecule has 1 aliphatic rings. The third-order valence-corrected chi connectivity index (χ3v) is 0.984. The van der Waals surface area contributed by atoms with Crippen molar-refractivity contribution < 1.29 is 5.11 Å². The molecule has 0 aromatic heterocycles. The standard InChI is InChI=1S/C6H8NO/c7-5-2-1-3-6(8)4-5/h1-3,8H,4,7H2. The molecule has 1 aliphatic carbocycles. The lowest BCUT2D eigenvalue weighted by molar-refractivity contribution is 0.391. The van der Waals surface area contributed by atoms with Crippen molar-refractivity contribution in [3.63, 3.8) is 0 Å². The van der Waals surface area contributed by atoms with Crippen LogP contribution in [0.5, 0.6) is 0 Å². The van der Waals surface area contributed by atoms with Crippen LogP contribution in [0.2, 0.25) is 0 Å². The van der Waals surface area contributed by atoms with Gasteiger partial charge in [-0.2, -0.15) is 0 Å². The maximum Gasteiger partial charge on any atom is 0.0945 e. The Labute approximate surface area is 48.3 Å². The van der Waals surface area contributed by atoms with Gasteiger partial charge in [0, 0.05) is 6.42 Å². The summed E-state index contributed by atoms with van der Waals surface area (Å²) in [6.07, 6.45) is 5.64. The first-order valence-electron chi connectivity index (χ1n) is 2.46. The Morgan fingerprint density at radius 3 is 2.75 bits per heavy atom. The maximum atomic E-state index is 8.79. The van der Waals surface area contributed by atoms with Crippen LogP contribution >= 0.6 is 0 Å². The van der Waals surface area contributed by atoms with Crippen molar-refractivity contribution in [2.45, 2.75) is 6.42 Å². The second-order valence-corrected chi connectivity index (χ2v) is 1.77. The van der Waals surface area contributed by atoms with E-state index in [0.29, 0.717) is 18.2 Å². The van der Waals surface area contributed by atoms with E-state index in [4.69, 9.17) is 10.8 Å². The van der Waals surface area contributed by atoms with Crippen LogP contribution in [-0.2, 0) is 0 Å². The highest BCUT2D eigenvalue weighted by Gasteiger charge is 2.03. The van der Waals surface area contributed by atoms with Gasteiger partial charge >= 0.3 is 0 Å². The van der Waals surface area contributed by atoms with E-state index in [0.717, 1.165) is 0 Å². The van der Waals surface area contributed by atoms with E-state index < -0.39 is 0 Å². The fourth-order valence-electron chi connectivity index (χ4n) is 0.610. The van der Waals surface area contributed by atoms with E-state index in [2.05, 4.69) is 0 Å². The first kappa shape index (κ1) is 5.38. The van der Waals surface area contributed by atoms with E-state index in [1.165, 1.54) is 0 Å². The zero-order chi connectivity index (χ0) is 5.98. The maximum absolute atomic E-state index is 8.79. The molecule has 1 rings (SSSR count). The molecule has 2 nitrogen and oxygen atoms in total. The van der Waals surface area contributed by atoms with Crippen molar-refractivity contribution in [2.24, 2.45) is 5.73 Å². The van der Waals surface area contributed by atoms with Gasteiger partial charge in [0.05, 0.1) is 11.8 Å². The summed E-state index contributed by atoms with van der Waals surface area (Å²) in [5.74, 6) is 0.338. The molecule has 8 heavy (non-hydrogen) atoms. The molecule has 43 valence electrons. The van der Waals surface area contributed by atoms with Gasteiger partial charge in [-0.1, -0.05) is 12.2 Å². The molecule has 0 heterocycles. The van der Waals surface area contributed by atoms with Crippen molar-refractivity contribution >= 4 is 0 Å². The summed E-state index contributed by atoms with van der Waals surface area (Å²) in [6.45, 7) is 0. The summed E-state index contributed by atoms with van der Waals surface area (Å²) < 4.78 is 0. The van der Waals surface area contributed by atoms with Gasteiger partial charge in [0.15, 0.2) is 0 Å². The van der Waals surface area contributed by atoms with Crippen LogP contribution in [0.25, 0.3) is 0 Å². The van der Waals surface area contributed by atoms with Crippen molar-refractivity contribution in [3.8, 4) is 0 Å². The van der Waals surface area contributed by atoms with Crippen LogP contribution in [0.15, 0.2) is 24.0 Å². The summed E-state index contributed by atoms with van der Waals surface area (Å²) >= 11 is 0. The van der Waals surface area contributed by atoms with E-state index in [1.54, 1.807) is 18.2 Å². The lowest BCUT2D eigenvalue weighted by Crippen LogP contribution is -2.09. The fourth-order valence-corrected chi connectivity index (χ4v) is 0.610. The molecule has 0 aromatic rings. The Bertz CT molecular complexity index is 137. The van der Waals surface area contributed by atoms with Gasteiger partial charge in [-0.15, -0.1) is 0 Å². The van der Waals surface area contributed by atoms with Crippen LogP contribution in [0.1, 0.15) is 6.42 Å². The van der Waals surface area contributed by atoms with Gasteiger partial charge in [-0.3, -0.25) is 0 Å². The number of nitrogens with two attached hydrogens (primary N) is 1. The highest BCUT2D eigenvalue weighted by molar-refractivity contribution is 5.24. The topological polar surface area (TPSA) is 46.2 Å². The predicted molar refractivity (Wildman–Crippen MR) is 31.9 cm³/mol. The zero-order valence-corrected chi connectivity index (χ0v) is 4.46. The quantitative estimate of drug-likeness (QED) is 0.486. The van der Waals surface area contributed by atoms with E-state index in [-0.39, 0.29) is 0 Å². The molecular formula is C6H8NO. The second-order valence-electron chi connectivity index (χ2n) is 1.77. The number of hydrogen-bond acceptors (Lipinski definition) is 2. The van der Waals surface area contributed by atoms with Crippen LogP contribution in [0, 0.1) is 6.04 Å². The average molecular weight is 110 g/mol. The molecule has 0 saturated heterocycles. The van der Waals surface area contributed by atoms with Gasteiger partial charge in [-0.05, 0) is 6.08 Å². The number of aliphatic hydroxyl groups is 1. The molecule has 0 atom stereocenters. The predicted octanol–water partition coefficient (Wildman–Crippen LogP) is 0.879. The zero-order valence-electron chi connectivity index (χ0n) is 4.46. The van der Waals surface area contributed by atoms with E-state index >= 15 is 0 Å². The van der Waals surface area contributed by atoms with Gasteiger partial charge in [0.2, 0.25) is 0 Å². The van der Waals surface area contributed by atoms with Crippen molar-refractivity contribution in [1.82, 2.24) is 0 Å². The summed E-state index contributed by atoms with van der Waals surface area (Å²) in [5.41, 5.74) is 5.35. The molecule has 0 aromatic carbocycles. The lowest BCUT2D eigenvalue weighted by atomic mass is 10.1. The molecule has 0 unspecified atom stereocenters. The first-order chi connectivity index (χ1) is 3.79. The molecule has 0 bridgehead atoms. The number of rotatable bonds is 0. The Morgan fingerprint density at radius 2 is 2.38 bits per heavy atom. The third-order valence-electron chi connectivity index (χ3n) is 0.984. The Balaban J connectivity index is 2.59. The Hall–Kier alpha value is -0.760. The van der Waals surface area contributed by atoms with E-state index in [9.17, 15) is 0 Å². The van der Waals surface area contributed by atoms with Crippen LogP contribution in [-0.4, -0.2) is 5.11 Å². The Kier molecular flexibility index (Phi) is 1.35. The molecule has 0 saturated carbocycles. The van der Waals surface area contributed by atoms with Crippen LogP contribution in [0.4, 0.5) is 0 Å². The van der Waals surface area contributed by atoms with Gasteiger partial charge < -0.3 is 10.8 Å². The highest BCUT2D eigenvalue weighted by atomic mass is 16.3. The van der Waals surface area contributed by atoms with Gasteiger partial charge in [0.25, 0.3) is 0 Å². The highest BCUT2D eigenvalue weighted by Crippen LogP contribution is 2.11. The number of allylic oxidation sites excluding steroid dienone is 2. The molecule has 3 N–H and O–H groups in total. The summed E-state index contributed by atoms with van der Waals surface area (Å²) in [5, 5.41) is 8.79. The van der Waals surface area contributed by atoms with Crippen LogP contribution < -0.4 is 5.73 Å². The molecule has 0 amide bonds. The van der Waals surface area contributed by atoms with Crippen molar-refractivity contribution in [1.29, 1.82) is 0 Å². The molecule has 1 radical (unpaired) electrons. The van der Waals surface area contributed by atoms with Gasteiger partial charge in [-0.25, -0.2) is 0 Å². The lowest BCUT2D eigenvalue weighted by Gasteiger charge is -2.06. The molecular weight excluding hydrogens is 102 g/mol. The number of hydrogen-bond donors (Lipinski definition) is 2. The summed E-state index contributed by atoms with van der Waals surface area (Å²) in [7, 11) is 0. The third kappa shape index (κ3) is 1.10. The molecule has 0 fully saturated rings. The molecule has 2 heteroatoms. The van der Waals surface area contributed by atoms with E-state index in [1.807, 2.05) is 0 Å².